The second kappa shape index (κ2) is 6.52. The first kappa shape index (κ1) is 14.7. The van der Waals surface area contributed by atoms with Crippen LogP contribution in [0.5, 0.6) is 0 Å². The number of rotatable bonds is 6. The summed E-state index contributed by atoms with van der Waals surface area (Å²) in [7, 11) is 3.07. The number of nitrogens with one attached hydrogen (secondary N) is 1. The fourth-order valence-electron chi connectivity index (χ4n) is 1.55. The first-order valence-corrected chi connectivity index (χ1v) is 5.92. The molecule has 0 unspecified atom stereocenters. The van der Waals surface area contributed by atoms with Crippen LogP contribution in [0.3, 0.4) is 0 Å². The average molecular weight is 251 g/mol. The second-order valence-corrected chi connectivity index (χ2v) is 4.72. The molecule has 0 heterocycles. The Balaban J connectivity index is 2.65. The number of hydrogen-bond acceptors (Lipinski definition) is 4. The molecule has 0 atom stereocenters. The first-order chi connectivity index (χ1) is 8.50. The molecule has 100 valence electrons. The quantitative estimate of drug-likeness (QED) is 0.785. The van der Waals surface area contributed by atoms with Crippen LogP contribution in [0.2, 0.25) is 0 Å². The maximum Gasteiger partial charge on any atom is 0.338 e. The van der Waals surface area contributed by atoms with Gasteiger partial charge in [0.05, 0.1) is 18.3 Å². The summed E-state index contributed by atoms with van der Waals surface area (Å²) in [6.07, 6.45) is 0. The van der Waals surface area contributed by atoms with Crippen molar-refractivity contribution in [3.8, 4) is 0 Å². The molecular weight excluding hydrogens is 230 g/mol. The highest BCUT2D eigenvalue weighted by Gasteiger charge is 2.16. The molecule has 0 saturated carbocycles. The Morgan fingerprint density at radius 2 is 1.94 bits per heavy atom. The van der Waals surface area contributed by atoms with Gasteiger partial charge in [0.25, 0.3) is 0 Å². The van der Waals surface area contributed by atoms with Crippen molar-refractivity contribution < 1.29 is 14.3 Å². The molecule has 0 aliphatic carbocycles. The van der Waals surface area contributed by atoms with Crippen LogP contribution in [0, 0.1) is 0 Å². The number of carbonyl (C=O) groups is 1. The fourth-order valence-corrected chi connectivity index (χ4v) is 1.55. The van der Waals surface area contributed by atoms with Crippen LogP contribution in [0.25, 0.3) is 0 Å². The van der Waals surface area contributed by atoms with Gasteiger partial charge in [0, 0.05) is 20.2 Å². The van der Waals surface area contributed by atoms with Crippen LogP contribution in [-0.2, 0) is 16.0 Å². The zero-order chi connectivity index (χ0) is 13.6. The van der Waals surface area contributed by atoms with E-state index in [1.807, 2.05) is 32.0 Å². The summed E-state index contributed by atoms with van der Waals surface area (Å²) in [4.78, 5) is 11.6. The second-order valence-electron chi connectivity index (χ2n) is 4.72. The Kier molecular flexibility index (Phi) is 5.31. The molecule has 0 fully saturated rings. The van der Waals surface area contributed by atoms with Crippen molar-refractivity contribution in [1.29, 1.82) is 0 Å². The molecule has 4 heteroatoms. The van der Waals surface area contributed by atoms with Gasteiger partial charge in [0.15, 0.2) is 0 Å². The minimum Gasteiger partial charge on any atom is -0.465 e. The maximum absolute atomic E-state index is 11.6. The van der Waals surface area contributed by atoms with E-state index in [0.717, 1.165) is 5.56 Å². The lowest BCUT2D eigenvalue weighted by molar-refractivity contribution is 0.0230. The lowest BCUT2D eigenvalue weighted by Crippen LogP contribution is -2.36. The third-order valence-electron chi connectivity index (χ3n) is 2.84. The van der Waals surface area contributed by atoms with Gasteiger partial charge in [0.2, 0.25) is 0 Å². The smallest absolute Gasteiger partial charge is 0.338 e. The van der Waals surface area contributed by atoms with Crippen molar-refractivity contribution in [2.24, 2.45) is 0 Å². The number of ether oxygens (including phenoxy) is 2. The van der Waals surface area contributed by atoms with Gasteiger partial charge in [-0.1, -0.05) is 18.2 Å². The summed E-state index contributed by atoms with van der Waals surface area (Å²) < 4.78 is 10.1. The van der Waals surface area contributed by atoms with E-state index < -0.39 is 0 Å². The zero-order valence-electron chi connectivity index (χ0n) is 11.4. The molecule has 1 aromatic rings. The topological polar surface area (TPSA) is 47.6 Å². The van der Waals surface area contributed by atoms with Gasteiger partial charge in [-0.25, -0.2) is 4.79 Å². The number of carbonyl (C=O) groups excluding carboxylic acids is 1. The Labute approximate surface area is 108 Å². The molecule has 0 saturated heterocycles. The molecule has 0 aliphatic heterocycles. The highest BCUT2D eigenvalue weighted by Crippen LogP contribution is 2.11. The van der Waals surface area contributed by atoms with Gasteiger partial charge >= 0.3 is 5.97 Å². The van der Waals surface area contributed by atoms with E-state index in [1.54, 1.807) is 13.2 Å². The van der Waals surface area contributed by atoms with Crippen LogP contribution in [-0.4, -0.2) is 32.3 Å². The summed E-state index contributed by atoms with van der Waals surface area (Å²) in [5, 5.41) is 3.28. The van der Waals surface area contributed by atoms with Crippen molar-refractivity contribution in [2.75, 3.05) is 20.8 Å². The molecule has 1 N–H and O–H groups in total. The van der Waals surface area contributed by atoms with Crippen molar-refractivity contribution in [3.63, 3.8) is 0 Å². The van der Waals surface area contributed by atoms with Crippen LogP contribution < -0.4 is 5.32 Å². The Bertz CT molecular complexity index is 402. The van der Waals surface area contributed by atoms with E-state index in [2.05, 4.69) is 5.32 Å². The van der Waals surface area contributed by atoms with E-state index in [9.17, 15) is 4.79 Å². The van der Waals surface area contributed by atoms with Gasteiger partial charge in [0.1, 0.15) is 0 Å². The molecule has 0 amide bonds. The Morgan fingerprint density at radius 1 is 1.28 bits per heavy atom. The summed E-state index contributed by atoms with van der Waals surface area (Å²) in [6.45, 7) is 5.33. The highest BCUT2D eigenvalue weighted by atomic mass is 16.5. The summed E-state index contributed by atoms with van der Waals surface area (Å²) in [5.74, 6) is -0.307. The molecule has 0 aliphatic rings. The van der Waals surface area contributed by atoms with Gasteiger partial charge in [-0.05, 0) is 25.5 Å². The van der Waals surface area contributed by atoms with Crippen LogP contribution in [0.4, 0.5) is 0 Å². The molecule has 0 bridgehead atoms. The highest BCUT2D eigenvalue weighted by molar-refractivity contribution is 5.90. The number of esters is 1. The van der Waals surface area contributed by atoms with Gasteiger partial charge in [-0.2, -0.15) is 0 Å². The molecule has 18 heavy (non-hydrogen) atoms. The molecule has 1 aromatic carbocycles. The molecule has 0 radical (unpaired) electrons. The van der Waals surface area contributed by atoms with E-state index in [-0.39, 0.29) is 11.6 Å². The van der Waals surface area contributed by atoms with Gasteiger partial charge in [-0.3, -0.25) is 0 Å². The van der Waals surface area contributed by atoms with Crippen LogP contribution in [0.1, 0.15) is 29.8 Å². The molecule has 1 rings (SSSR count). The maximum atomic E-state index is 11.6. The largest absolute Gasteiger partial charge is 0.465 e. The molecular formula is C14H21NO3. The van der Waals surface area contributed by atoms with Crippen molar-refractivity contribution in [1.82, 2.24) is 5.32 Å². The van der Waals surface area contributed by atoms with E-state index in [1.165, 1.54) is 7.11 Å². The Hall–Kier alpha value is -1.39. The minimum atomic E-state index is -0.307. The summed E-state index contributed by atoms with van der Waals surface area (Å²) >= 11 is 0. The van der Waals surface area contributed by atoms with E-state index >= 15 is 0 Å². The summed E-state index contributed by atoms with van der Waals surface area (Å²) in [5.41, 5.74) is 1.30. The molecule has 4 nitrogen and oxygen atoms in total. The van der Waals surface area contributed by atoms with Crippen molar-refractivity contribution in [2.45, 2.75) is 26.0 Å². The standard InChI is InChI=1S/C14H21NO3/c1-14(2,18-4)10-15-9-11-7-5-6-8-12(11)13(16)17-3/h5-8,15H,9-10H2,1-4H3. The monoisotopic (exact) mass is 251 g/mol. The van der Waals surface area contributed by atoms with E-state index in [0.29, 0.717) is 18.7 Å². The predicted octanol–water partition coefficient (Wildman–Crippen LogP) is 1.99. The van der Waals surface area contributed by atoms with Gasteiger partial charge < -0.3 is 14.8 Å². The van der Waals surface area contributed by atoms with Crippen LogP contribution in [0.15, 0.2) is 24.3 Å². The zero-order valence-corrected chi connectivity index (χ0v) is 11.4. The van der Waals surface area contributed by atoms with Crippen LogP contribution >= 0.6 is 0 Å². The molecule has 0 spiro atoms. The lowest BCUT2D eigenvalue weighted by Gasteiger charge is -2.23. The normalized spacial score (nSPS) is 11.3. The lowest BCUT2D eigenvalue weighted by atomic mass is 10.1. The SMILES string of the molecule is COC(=O)c1ccccc1CNCC(C)(C)OC. The van der Waals surface area contributed by atoms with E-state index in [4.69, 9.17) is 9.47 Å². The molecule has 0 aromatic heterocycles. The average Bonchev–Trinajstić information content (AvgIpc) is 2.38. The number of hydrogen-bond donors (Lipinski definition) is 1. The minimum absolute atomic E-state index is 0.222. The van der Waals surface area contributed by atoms with Crippen molar-refractivity contribution >= 4 is 5.97 Å². The first-order valence-electron chi connectivity index (χ1n) is 5.92. The third-order valence-corrected chi connectivity index (χ3v) is 2.84. The van der Waals surface area contributed by atoms with Crippen molar-refractivity contribution in [3.05, 3.63) is 35.4 Å². The number of methoxy groups -OCH3 is 2. The Morgan fingerprint density at radius 3 is 2.56 bits per heavy atom. The third kappa shape index (κ3) is 4.13. The predicted molar refractivity (Wildman–Crippen MR) is 70.6 cm³/mol. The fraction of sp³-hybridized carbons (Fsp3) is 0.500. The summed E-state index contributed by atoms with van der Waals surface area (Å²) in [6, 6.07) is 7.42. The number of benzene rings is 1. The van der Waals surface area contributed by atoms with Gasteiger partial charge in [-0.15, -0.1) is 0 Å².